The van der Waals surface area contributed by atoms with Gasteiger partial charge >= 0.3 is 0 Å². The molecule has 0 spiro atoms. The number of pyridine rings is 1. The van der Waals surface area contributed by atoms with Crippen LogP contribution >= 0.6 is 0 Å². The molecule has 0 aliphatic rings. The highest BCUT2D eigenvalue weighted by atomic mass is 32.2. The van der Waals surface area contributed by atoms with Gasteiger partial charge in [-0.2, -0.15) is 0 Å². The van der Waals surface area contributed by atoms with Crippen LogP contribution in [0.3, 0.4) is 0 Å². The van der Waals surface area contributed by atoms with Gasteiger partial charge in [0.15, 0.2) is 15.3 Å². The Kier molecular flexibility index (Phi) is 2.85. The SMILES string of the molecule is CS(=O)(=O)c1ccc(-n2ccc(=O)cc2)cc1. The van der Waals surface area contributed by atoms with E-state index in [0.717, 1.165) is 5.69 Å². The molecule has 0 aliphatic carbocycles. The van der Waals surface area contributed by atoms with Crippen molar-refractivity contribution in [1.29, 1.82) is 0 Å². The van der Waals surface area contributed by atoms with Crippen molar-refractivity contribution in [2.75, 3.05) is 6.26 Å². The molecular formula is C12H11NO3S. The summed E-state index contributed by atoms with van der Waals surface area (Å²) in [6.45, 7) is 0. The Morgan fingerprint density at radius 3 is 1.94 bits per heavy atom. The first-order chi connectivity index (χ1) is 7.97. The number of hydrogen-bond donors (Lipinski definition) is 0. The molecule has 1 aromatic heterocycles. The molecule has 0 unspecified atom stereocenters. The fourth-order valence-electron chi connectivity index (χ4n) is 1.45. The van der Waals surface area contributed by atoms with E-state index in [1.165, 1.54) is 18.4 Å². The molecule has 0 fully saturated rings. The molecule has 2 aromatic rings. The Labute approximate surface area is 99.1 Å². The standard InChI is InChI=1S/C12H11NO3S/c1-17(15,16)12-4-2-10(3-5-12)13-8-6-11(14)7-9-13/h2-9H,1H3. The molecule has 0 saturated heterocycles. The number of aromatic nitrogens is 1. The van der Waals surface area contributed by atoms with Gasteiger partial charge in [0.2, 0.25) is 0 Å². The Bertz CT molecular complexity index is 664. The number of benzene rings is 1. The Hall–Kier alpha value is -1.88. The van der Waals surface area contributed by atoms with Crippen LogP contribution < -0.4 is 5.43 Å². The van der Waals surface area contributed by atoms with Gasteiger partial charge in [0.25, 0.3) is 0 Å². The van der Waals surface area contributed by atoms with Crippen LogP contribution in [-0.4, -0.2) is 19.2 Å². The number of hydrogen-bond acceptors (Lipinski definition) is 3. The van der Waals surface area contributed by atoms with Gasteiger partial charge in [-0.15, -0.1) is 0 Å². The quantitative estimate of drug-likeness (QED) is 0.804. The molecule has 1 aromatic carbocycles. The van der Waals surface area contributed by atoms with Gasteiger partial charge in [-0.25, -0.2) is 8.42 Å². The third kappa shape index (κ3) is 2.62. The second-order valence-corrected chi connectivity index (χ2v) is 5.72. The Morgan fingerprint density at radius 1 is 0.941 bits per heavy atom. The first-order valence-electron chi connectivity index (χ1n) is 4.96. The maximum atomic E-state index is 11.3. The topological polar surface area (TPSA) is 56.1 Å². The van der Waals surface area contributed by atoms with E-state index in [1.807, 2.05) is 0 Å². The monoisotopic (exact) mass is 249 g/mol. The smallest absolute Gasteiger partial charge is 0.181 e. The van der Waals surface area contributed by atoms with Crippen LogP contribution in [-0.2, 0) is 9.84 Å². The maximum absolute atomic E-state index is 11.3. The van der Waals surface area contributed by atoms with Crippen LogP contribution in [0, 0.1) is 0 Å². The van der Waals surface area contributed by atoms with E-state index in [1.54, 1.807) is 41.2 Å². The van der Waals surface area contributed by atoms with Crippen molar-refractivity contribution in [2.45, 2.75) is 4.90 Å². The van der Waals surface area contributed by atoms with Gasteiger partial charge in [-0.3, -0.25) is 4.79 Å². The molecule has 1 heterocycles. The lowest BCUT2D eigenvalue weighted by atomic mass is 10.3. The average Bonchev–Trinajstić information content (AvgIpc) is 2.29. The van der Waals surface area contributed by atoms with Gasteiger partial charge in [0.05, 0.1) is 4.90 Å². The van der Waals surface area contributed by atoms with E-state index in [0.29, 0.717) is 0 Å². The summed E-state index contributed by atoms with van der Waals surface area (Å²) in [6.07, 6.45) is 4.44. The van der Waals surface area contributed by atoms with E-state index < -0.39 is 9.84 Å². The second kappa shape index (κ2) is 4.18. The van der Waals surface area contributed by atoms with E-state index in [2.05, 4.69) is 0 Å². The molecule has 0 aliphatic heterocycles. The lowest BCUT2D eigenvalue weighted by molar-refractivity contribution is 0.602. The zero-order chi connectivity index (χ0) is 12.5. The first kappa shape index (κ1) is 11.6. The fraction of sp³-hybridized carbons (Fsp3) is 0.0833. The van der Waals surface area contributed by atoms with Crippen molar-refractivity contribution in [3.8, 4) is 5.69 Å². The van der Waals surface area contributed by atoms with Crippen molar-refractivity contribution in [2.24, 2.45) is 0 Å². The minimum absolute atomic E-state index is 0.0611. The van der Waals surface area contributed by atoms with Gasteiger partial charge in [0.1, 0.15) is 0 Å². The molecule has 0 N–H and O–H groups in total. The van der Waals surface area contributed by atoms with Crippen molar-refractivity contribution in [1.82, 2.24) is 4.57 Å². The van der Waals surface area contributed by atoms with Crippen molar-refractivity contribution < 1.29 is 8.42 Å². The molecule has 0 radical (unpaired) electrons. The van der Waals surface area contributed by atoms with Gasteiger partial charge < -0.3 is 4.57 Å². The summed E-state index contributed by atoms with van der Waals surface area (Å²) >= 11 is 0. The van der Waals surface area contributed by atoms with Crippen LogP contribution in [0.5, 0.6) is 0 Å². The van der Waals surface area contributed by atoms with Gasteiger partial charge in [-0.05, 0) is 24.3 Å². The third-order valence-electron chi connectivity index (χ3n) is 2.36. The summed E-state index contributed by atoms with van der Waals surface area (Å²) in [5, 5.41) is 0. The highest BCUT2D eigenvalue weighted by molar-refractivity contribution is 7.90. The predicted octanol–water partition coefficient (Wildman–Crippen LogP) is 1.24. The van der Waals surface area contributed by atoms with Crippen LogP contribution in [0.15, 0.2) is 58.5 Å². The molecule has 0 amide bonds. The molecule has 17 heavy (non-hydrogen) atoms. The Balaban J connectivity index is 2.42. The van der Waals surface area contributed by atoms with Crippen LogP contribution in [0.2, 0.25) is 0 Å². The zero-order valence-electron chi connectivity index (χ0n) is 9.20. The number of rotatable bonds is 2. The van der Waals surface area contributed by atoms with Crippen LogP contribution in [0.25, 0.3) is 5.69 Å². The van der Waals surface area contributed by atoms with E-state index in [9.17, 15) is 13.2 Å². The normalized spacial score (nSPS) is 11.4. The molecule has 88 valence electrons. The molecule has 2 rings (SSSR count). The Morgan fingerprint density at radius 2 is 1.47 bits per heavy atom. The molecule has 0 atom stereocenters. The lowest BCUT2D eigenvalue weighted by Gasteiger charge is -2.06. The molecular weight excluding hydrogens is 238 g/mol. The summed E-state index contributed by atoms with van der Waals surface area (Å²) in [4.78, 5) is 11.2. The first-order valence-corrected chi connectivity index (χ1v) is 6.85. The molecule has 4 nitrogen and oxygen atoms in total. The van der Waals surface area contributed by atoms with Crippen molar-refractivity contribution >= 4 is 9.84 Å². The largest absolute Gasteiger partial charge is 0.324 e. The van der Waals surface area contributed by atoms with Gasteiger partial charge in [-0.1, -0.05) is 0 Å². The van der Waals surface area contributed by atoms with Gasteiger partial charge in [0, 0.05) is 36.5 Å². The van der Waals surface area contributed by atoms with E-state index in [-0.39, 0.29) is 10.3 Å². The van der Waals surface area contributed by atoms with Crippen molar-refractivity contribution in [3.05, 3.63) is 59.0 Å². The summed E-state index contributed by atoms with van der Waals surface area (Å²) < 4.78 is 24.3. The number of nitrogens with zero attached hydrogens (tertiary/aromatic N) is 1. The fourth-order valence-corrected chi connectivity index (χ4v) is 2.08. The molecule has 5 heteroatoms. The minimum Gasteiger partial charge on any atom is -0.324 e. The van der Waals surface area contributed by atoms with E-state index >= 15 is 0 Å². The van der Waals surface area contributed by atoms with Crippen molar-refractivity contribution in [3.63, 3.8) is 0 Å². The summed E-state index contributed by atoms with van der Waals surface area (Å²) in [5.41, 5.74) is 0.742. The zero-order valence-corrected chi connectivity index (χ0v) is 10.0. The highest BCUT2D eigenvalue weighted by Gasteiger charge is 2.06. The van der Waals surface area contributed by atoms with Crippen LogP contribution in [0.4, 0.5) is 0 Å². The average molecular weight is 249 g/mol. The highest BCUT2D eigenvalue weighted by Crippen LogP contribution is 2.12. The number of sulfone groups is 1. The molecule has 0 saturated carbocycles. The second-order valence-electron chi connectivity index (χ2n) is 3.71. The lowest BCUT2D eigenvalue weighted by Crippen LogP contribution is -2.02. The van der Waals surface area contributed by atoms with Crippen LogP contribution in [0.1, 0.15) is 0 Å². The summed E-state index contributed by atoms with van der Waals surface area (Å²) in [5.74, 6) is 0. The third-order valence-corrected chi connectivity index (χ3v) is 3.49. The summed E-state index contributed by atoms with van der Waals surface area (Å²) in [6, 6.07) is 9.38. The van der Waals surface area contributed by atoms with E-state index in [4.69, 9.17) is 0 Å². The summed E-state index contributed by atoms with van der Waals surface area (Å²) in [7, 11) is -3.17. The minimum atomic E-state index is -3.17. The molecule has 0 bridgehead atoms. The predicted molar refractivity (Wildman–Crippen MR) is 65.1 cm³/mol. The maximum Gasteiger partial charge on any atom is 0.181 e.